The fourth-order valence-corrected chi connectivity index (χ4v) is 4.54. The van der Waals surface area contributed by atoms with E-state index in [2.05, 4.69) is 0 Å². The van der Waals surface area contributed by atoms with Crippen LogP contribution in [0.5, 0.6) is 0 Å². The number of anilines is 1. The molecule has 1 amide bonds. The van der Waals surface area contributed by atoms with E-state index in [9.17, 15) is 19.7 Å². The minimum atomic E-state index is -0.476. The molecule has 2 aromatic rings. The molecule has 0 aromatic heterocycles. The number of halogens is 1. The van der Waals surface area contributed by atoms with E-state index < -0.39 is 4.92 Å². The van der Waals surface area contributed by atoms with Crippen molar-refractivity contribution in [3.05, 3.63) is 80.5 Å². The molecule has 7 heteroatoms. The van der Waals surface area contributed by atoms with Gasteiger partial charge >= 0.3 is 0 Å². The van der Waals surface area contributed by atoms with Crippen LogP contribution in [0.3, 0.4) is 0 Å². The molecule has 0 fully saturated rings. The Labute approximate surface area is 179 Å². The van der Waals surface area contributed by atoms with E-state index in [1.165, 1.54) is 12.1 Å². The topological polar surface area (TPSA) is 80.5 Å². The first kappa shape index (κ1) is 20.3. The van der Waals surface area contributed by atoms with Gasteiger partial charge in [0.05, 0.1) is 4.92 Å². The van der Waals surface area contributed by atoms with E-state index in [-0.39, 0.29) is 35.1 Å². The molecule has 1 aliphatic heterocycles. The molecule has 1 aliphatic carbocycles. The second-order valence-electron chi connectivity index (χ2n) is 8.61. The van der Waals surface area contributed by atoms with Crippen molar-refractivity contribution in [1.29, 1.82) is 0 Å². The van der Waals surface area contributed by atoms with Crippen LogP contribution in [-0.2, 0) is 9.59 Å². The first-order valence-electron chi connectivity index (χ1n) is 9.75. The lowest BCUT2D eigenvalue weighted by Gasteiger charge is -2.43. The summed E-state index contributed by atoms with van der Waals surface area (Å²) in [4.78, 5) is 38.6. The van der Waals surface area contributed by atoms with Gasteiger partial charge in [-0.3, -0.25) is 24.6 Å². The molecule has 0 spiro atoms. The summed E-state index contributed by atoms with van der Waals surface area (Å²) in [6.07, 6.45) is 1.14. The van der Waals surface area contributed by atoms with Gasteiger partial charge in [-0.15, -0.1) is 0 Å². The number of carbonyl (C=O) groups is 2. The zero-order valence-corrected chi connectivity index (χ0v) is 17.5. The number of benzene rings is 2. The molecule has 4 rings (SSSR count). The van der Waals surface area contributed by atoms with Crippen LogP contribution in [0.4, 0.5) is 11.4 Å². The fourth-order valence-electron chi connectivity index (χ4n) is 4.42. The van der Waals surface area contributed by atoms with Gasteiger partial charge < -0.3 is 0 Å². The normalized spacial score (nSPS) is 20.9. The SMILES string of the molecule is CC1(C)CC(=O)C2=C(C1)N(c1ccc([N+](=O)[O-])cc1)C(=O)CC2c1ccc(Cl)cc1. The molecule has 0 bridgehead atoms. The maximum Gasteiger partial charge on any atom is 0.269 e. The molecule has 0 saturated heterocycles. The molecule has 154 valence electrons. The first-order chi connectivity index (χ1) is 14.2. The van der Waals surface area contributed by atoms with Crippen LogP contribution in [0.25, 0.3) is 0 Å². The Morgan fingerprint density at radius 2 is 1.67 bits per heavy atom. The van der Waals surface area contributed by atoms with Gasteiger partial charge in [-0.2, -0.15) is 0 Å². The summed E-state index contributed by atoms with van der Waals surface area (Å²) in [6, 6.07) is 13.1. The number of non-ortho nitro benzene ring substituents is 1. The molecule has 1 unspecified atom stereocenters. The van der Waals surface area contributed by atoms with E-state index in [0.29, 0.717) is 34.8 Å². The number of rotatable bonds is 3. The molecule has 0 saturated carbocycles. The Bertz CT molecular complexity index is 1070. The number of nitro benzene ring substituents is 1. The number of hydrogen-bond donors (Lipinski definition) is 0. The molecule has 2 aromatic carbocycles. The van der Waals surface area contributed by atoms with Gasteiger partial charge in [0.2, 0.25) is 5.91 Å². The monoisotopic (exact) mass is 424 g/mol. The lowest BCUT2D eigenvalue weighted by molar-refractivity contribution is -0.384. The number of allylic oxidation sites excluding steroid dienone is 2. The Morgan fingerprint density at radius 1 is 1.03 bits per heavy atom. The number of carbonyl (C=O) groups excluding carboxylic acids is 2. The quantitative estimate of drug-likeness (QED) is 0.487. The Kier molecular flexibility index (Phi) is 4.98. The summed E-state index contributed by atoms with van der Waals surface area (Å²) in [7, 11) is 0. The number of nitrogens with zero attached hydrogens (tertiary/aromatic N) is 2. The highest BCUT2D eigenvalue weighted by atomic mass is 35.5. The van der Waals surface area contributed by atoms with E-state index >= 15 is 0 Å². The largest absolute Gasteiger partial charge is 0.294 e. The summed E-state index contributed by atoms with van der Waals surface area (Å²) < 4.78 is 0. The zero-order valence-electron chi connectivity index (χ0n) is 16.7. The third-order valence-electron chi connectivity index (χ3n) is 5.73. The second-order valence-corrected chi connectivity index (χ2v) is 9.05. The summed E-state index contributed by atoms with van der Waals surface area (Å²) in [5, 5.41) is 11.6. The average molecular weight is 425 g/mol. The van der Waals surface area contributed by atoms with Crippen LogP contribution in [-0.4, -0.2) is 16.6 Å². The number of Topliss-reactive ketones (excluding diaryl/α,β-unsaturated/α-hetero) is 1. The van der Waals surface area contributed by atoms with Crippen LogP contribution < -0.4 is 4.90 Å². The van der Waals surface area contributed by atoms with E-state index in [1.54, 1.807) is 29.2 Å². The molecule has 0 N–H and O–H groups in total. The number of amides is 1. The number of nitro groups is 1. The first-order valence-corrected chi connectivity index (χ1v) is 10.1. The number of ketones is 1. The molecule has 1 heterocycles. The van der Waals surface area contributed by atoms with Gasteiger partial charge in [0.25, 0.3) is 5.69 Å². The third-order valence-corrected chi connectivity index (χ3v) is 5.99. The summed E-state index contributed by atoms with van der Waals surface area (Å²) in [5.41, 5.74) is 2.46. The maximum absolute atomic E-state index is 13.3. The molecule has 6 nitrogen and oxygen atoms in total. The molecular formula is C23H21ClN2O4. The molecule has 30 heavy (non-hydrogen) atoms. The van der Waals surface area contributed by atoms with Crippen LogP contribution in [0.2, 0.25) is 5.02 Å². The van der Waals surface area contributed by atoms with Crippen LogP contribution in [0.1, 0.15) is 44.6 Å². The molecular weight excluding hydrogens is 404 g/mol. The predicted molar refractivity (Wildman–Crippen MR) is 114 cm³/mol. The highest BCUT2D eigenvalue weighted by Crippen LogP contribution is 2.48. The van der Waals surface area contributed by atoms with Crippen molar-refractivity contribution >= 4 is 34.7 Å². The van der Waals surface area contributed by atoms with E-state index in [0.717, 1.165) is 5.56 Å². The molecule has 2 aliphatic rings. The smallest absolute Gasteiger partial charge is 0.269 e. The highest BCUT2D eigenvalue weighted by molar-refractivity contribution is 6.30. The number of hydrogen-bond acceptors (Lipinski definition) is 4. The minimum absolute atomic E-state index is 0.0422. The Balaban J connectivity index is 1.85. The van der Waals surface area contributed by atoms with Crippen molar-refractivity contribution in [3.8, 4) is 0 Å². The summed E-state index contributed by atoms with van der Waals surface area (Å²) in [6.45, 7) is 4.03. The second kappa shape index (κ2) is 7.36. The predicted octanol–water partition coefficient (Wildman–Crippen LogP) is 5.41. The van der Waals surface area contributed by atoms with Crippen molar-refractivity contribution < 1.29 is 14.5 Å². The van der Waals surface area contributed by atoms with Crippen molar-refractivity contribution in [1.82, 2.24) is 0 Å². The Hall–Kier alpha value is -2.99. The van der Waals surface area contributed by atoms with Gasteiger partial charge in [-0.1, -0.05) is 37.6 Å². The van der Waals surface area contributed by atoms with Gasteiger partial charge in [-0.05, 0) is 41.7 Å². The average Bonchev–Trinajstić information content (AvgIpc) is 2.67. The highest BCUT2D eigenvalue weighted by Gasteiger charge is 2.44. The fraction of sp³-hybridized carbons (Fsp3) is 0.304. The van der Waals surface area contributed by atoms with Gasteiger partial charge in [0, 0.05) is 52.9 Å². The standard InChI is InChI=1S/C23H21ClN2O4/c1-23(2)12-19-22(20(27)13-23)18(14-3-5-15(24)6-4-14)11-21(28)25(19)16-7-9-17(10-8-16)26(29)30/h3-10,18H,11-13H2,1-2H3. The summed E-state index contributed by atoms with van der Waals surface area (Å²) in [5.74, 6) is -0.406. The lowest BCUT2D eigenvalue weighted by atomic mass is 9.69. The van der Waals surface area contributed by atoms with Gasteiger partial charge in [-0.25, -0.2) is 0 Å². The molecule has 0 radical (unpaired) electrons. The minimum Gasteiger partial charge on any atom is -0.294 e. The van der Waals surface area contributed by atoms with Crippen molar-refractivity contribution in [2.24, 2.45) is 5.41 Å². The summed E-state index contributed by atoms with van der Waals surface area (Å²) >= 11 is 6.02. The van der Waals surface area contributed by atoms with Gasteiger partial charge in [0.1, 0.15) is 0 Å². The van der Waals surface area contributed by atoms with Crippen molar-refractivity contribution in [2.75, 3.05) is 4.90 Å². The molecule has 1 atom stereocenters. The van der Waals surface area contributed by atoms with Crippen LogP contribution >= 0.6 is 11.6 Å². The van der Waals surface area contributed by atoms with Crippen LogP contribution in [0.15, 0.2) is 59.8 Å². The van der Waals surface area contributed by atoms with Crippen molar-refractivity contribution in [3.63, 3.8) is 0 Å². The van der Waals surface area contributed by atoms with E-state index in [1.807, 2.05) is 26.0 Å². The van der Waals surface area contributed by atoms with E-state index in [4.69, 9.17) is 11.6 Å². The maximum atomic E-state index is 13.3. The van der Waals surface area contributed by atoms with Crippen molar-refractivity contribution in [2.45, 2.75) is 39.0 Å². The Morgan fingerprint density at radius 3 is 2.27 bits per heavy atom. The third kappa shape index (κ3) is 3.63. The lowest BCUT2D eigenvalue weighted by Crippen LogP contribution is -2.43. The zero-order chi connectivity index (χ0) is 21.6. The van der Waals surface area contributed by atoms with Gasteiger partial charge in [0.15, 0.2) is 5.78 Å². The van der Waals surface area contributed by atoms with Crippen LogP contribution in [0, 0.1) is 15.5 Å².